The van der Waals surface area contributed by atoms with Crippen LogP contribution in [0.4, 0.5) is 0 Å². The fourth-order valence-electron chi connectivity index (χ4n) is 2.74. The van der Waals surface area contributed by atoms with Gasteiger partial charge in [-0.2, -0.15) is 0 Å². The largest absolute Gasteiger partial charge is 0.497 e. The van der Waals surface area contributed by atoms with Gasteiger partial charge in [0.15, 0.2) is 0 Å². The number of nitrogens with one attached hydrogen (secondary N) is 2. The molecule has 0 aliphatic carbocycles. The number of quaternary nitrogens is 1. The minimum absolute atomic E-state index is 0.00716. The van der Waals surface area contributed by atoms with E-state index in [1.807, 2.05) is 0 Å². The van der Waals surface area contributed by atoms with Crippen molar-refractivity contribution in [3.8, 4) is 5.75 Å². The molecule has 1 fully saturated rings. The number of hydrogen-bond donors (Lipinski definition) is 2. The van der Waals surface area contributed by atoms with Crippen molar-refractivity contribution in [2.24, 2.45) is 0 Å². The van der Waals surface area contributed by atoms with Crippen molar-refractivity contribution in [3.05, 3.63) is 40.2 Å². The van der Waals surface area contributed by atoms with Gasteiger partial charge < -0.3 is 24.1 Å². The van der Waals surface area contributed by atoms with E-state index in [9.17, 15) is 9.59 Å². The molecule has 1 saturated heterocycles. The minimum atomic E-state index is -0.635. The zero-order valence-corrected chi connectivity index (χ0v) is 13.6. The van der Waals surface area contributed by atoms with Gasteiger partial charge in [0.05, 0.1) is 33.4 Å². The number of ether oxygens (including phenoxy) is 2. The maximum atomic E-state index is 12.3. The monoisotopic (exact) mass is 333 g/mol. The van der Waals surface area contributed by atoms with E-state index in [2.05, 4.69) is 5.32 Å². The van der Waals surface area contributed by atoms with Crippen LogP contribution in [-0.2, 0) is 4.74 Å². The van der Waals surface area contributed by atoms with Crippen molar-refractivity contribution in [1.82, 2.24) is 5.32 Å². The van der Waals surface area contributed by atoms with Gasteiger partial charge in [-0.15, -0.1) is 0 Å². The van der Waals surface area contributed by atoms with Crippen LogP contribution in [0.1, 0.15) is 10.4 Å². The zero-order chi connectivity index (χ0) is 16.9. The number of carbonyl (C=O) groups is 1. The first kappa shape index (κ1) is 16.5. The first-order valence-electron chi connectivity index (χ1n) is 7.99. The summed E-state index contributed by atoms with van der Waals surface area (Å²) < 4.78 is 15.7. The molecule has 2 N–H and O–H groups in total. The molecule has 1 aliphatic rings. The third kappa shape index (κ3) is 3.74. The molecule has 0 radical (unpaired) electrons. The molecule has 128 valence electrons. The van der Waals surface area contributed by atoms with Crippen molar-refractivity contribution in [2.45, 2.75) is 0 Å². The summed E-state index contributed by atoms with van der Waals surface area (Å²) in [4.78, 5) is 25.7. The lowest BCUT2D eigenvalue weighted by Crippen LogP contribution is -3.14. The molecule has 1 aromatic heterocycles. The number of benzene rings is 1. The Kier molecular flexibility index (Phi) is 5.12. The fourth-order valence-corrected chi connectivity index (χ4v) is 2.74. The van der Waals surface area contributed by atoms with Crippen LogP contribution in [0.25, 0.3) is 11.0 Å². The lowest BCUT2D eigenvalue weighted by Gasteiger charge is -2.23. The van der Waals surface area contributed by atoms with Crippen molar-refractivity contribution < 1.29 is 23.6 Å². The van der Waals surface area contributed by atoms with E-state index in [0.29, 0.717) is 23.3 Å². The minimum Gasteiger partial charge on any atom is -0.497 e. The van der Waals surface area contributed by atoms with E-state index in [1.165, 1.54) is 4.90 Å². The summed E-state index contributed by atoms with van der Waals surface area (Å²) in [6.07, 6.45) is 0. The highest BCUT2D eigenvalue weighted by Crippen LogP contribution is 2.20. The molecule has 1 aromatic carbocycles. The summed E-state index contributed by atoms with van der Waals surface area (Å²) in [6, 6.07) is 6.63. The molecule has 0 unspecified atom stereocenters. The van der Waals surface area contributed by atoms with E-state index < -0.39 is 11.5 Å². The van der Waals surface area contributed by atoms with Gasteiger partial charge in [-0.3, -0.25) is 4.79 Å². The quantitative estimate of drug-likeness (QED) is 0.718. The molecule has 1 aliphatic heterocycles. The number of methoxy groups -OCH3 is 1. The summed E-state index contributed by atoms with van der Waals surface area (Å²) in [6.45, 7) is 4.69. The average molecular weight is 333 g/mol. The van der Waals surface area contributed by atoms with Crippen LogP contribution in [0.5, 0.6) is 5.75 Å². The predicted molar refractivity (Wildman–Crippen MR) is 87.8 cm³/mol. The summed E-state index contributed by atoms with van der Waals surface area (Å²) in [5, 5.41) is 3.44. The standard InChI is InChI=1S/C17H20N2O5/c1-22-13-2-3-15-12(10-13)11-14(17(21)24-15)16(20)18-4-5-19-6-8-23-9-7-19/h2-3,10-11H,4-9H2,1H3,(H,18,20)/p+1. The fraction of sp³-hybridized carbons (Fsp3) is 0.412. The summed E-state index contributed by atoms with van der Waals surface area (Å²) in [5.74, 6) is 0.222. The van der Waals surface area contributed by atoms with Crippen LogP contribution in [-0.4, -0.2) is 52.4 Å². The number of carbonyl (C=O) groups excluding carboxylic acids is 1. The predicted octanol–water partition coefficient (Wildman–Crippen LogP) is -0.553. The van der Waals surface area contributed by atoms with Crippen molar-refractivity contribution in [2.75, 3.05) is 46.5 Å². The second-order valence-electron chi connectivity index (χ2n) is 5.72. The lowest BCUT2D eigenvalue weighted by atomic mass is 10.1. The second-order valence-corrected chi connectivity index (χ2v) is 5.72. The number of hydrogen-bond acceptors (Lipinski definition) is 5. The van der Waals surface area contributed by atoms with Crippen LogP contribution in [0, 0.1) is 0 Å². The van der Waals surface area contributed by atoms with Gasteiger partial charge in [0.25, 0.3) is 5.91 Å². The summed E-state index contributed by atoms with van der Waals surface area (Å²) >= 11 is 0. The molecular weight excluding hydrogens is 312 g/mol. The van der Waals surface area contributed by atoms with Crippen LogP contribution < -0.4 is 20.6 Å². The smallest absolute Gasteiger partial charge is 0.349 e. The molecule has 0 saturated carbocycles. The zero-order valence-electron chi connectivity index (χ0n) is 13.6. The number of morpholine rings is 1. The van der Waals surface area contributed by atoms with Crippen LogP contribution in [0.15, 0.2) is 33.5 Å². The SMILES string of the molecule is COc1ccc2oc(=O)c(C(=O)NCC[NH+]3CCOCC3)cc2c1. The van der Waals surface area contributed by atoms with Gasteiger partial charge in [0.2, 0.25) is 0 Å². The maximum absolute atomic E-state index is 12.3. The van der Waals surface area contributed by atoms with Gasteiger partial charge in [-0.1, -0.05) is 0 Å². The van der Waals surface area contributed by atoms with Crippen molar-refractivity contribution in [1.29, 1.82) is 0 Å². The molecule has 2 heterocycles. The highest BCUT2D eigenvalue weighted by atomic mass is 16.5. The van der Waals surface area contributed by atoms with Gasteiger partial charge in [0.1, 0.15) is 30.0 Å². The number of fused-ring (bicyclic) bond motifs is 1. The van der Waals surface area contributed by atoms with Gasteiger partial charge in [-0.05, 0) is 24.3 Å². The topological polar surface area (TPSA) is 82.2 Å². The Morgan fingerprint density at radius 3 is 2.83 bits per heavy atom. The molecule has 0 spiro atoms. The maximum Gasteiger partial charge on any atom is 0.349 e. The Morgan fingerprint density at radius 2 is 2.08 bits per heavy atom. The summed E-state index contributed by atoms with van der Waals surface area (Å²) in [5.41, 5.74) is -0.202. The Labute approximate surface area is 139 Å². The lowest BCUT2D eigenvalue weighted by molar-refractivity contribution is -0.906. The Hall–Kier alpha value is -2.38. The molecule has 7 heteroatoms. The van der Waals surface area contributed by atoms with Crippen LogP contribution in [0.2, 0.25) is 0 Å². The first-order chi connectivity index (χ1) is 11.7. The first-order valence-corrected chi connectivity index (χ1v) is 7.99. The highest BCUT2D eigenvalue weighted by Gasteiger charge is 2.16. The molecule has 0 bridgehead atoms. The van der Waals surface area contributed by atoms with Crippen LogP contribution >= 0.6 is 0 Å². The molecule has 1 amide bonds. The molecule has 0 atom stereocenters. The van der Waals surface area contributed by atoms with Crippen LogP contribution in [0.3, 0.4) is 0 Å². The van der Waals surface area contributed by atoms with E-state index in [4.69, 9.17) is 13.9 Å². The highest BCUT2D eigenvalue weighted by molar-refractivity contribution is 5.96. The number of rotatable bonds is 5. The average Bonchev–Trinajstić information content (AvgIpc) is 2.61. The van der Waals surface area contributed by atoms with E-state index in [1.54, 1.807) is 31.4 Å². The molecule has 3 rings (SSSR count). The molecule has 7 nitrogen and oxygen atoms in total. The number of amides is 1. The van der Waals surface area contributed by atoms with Crippen molar-refractivity contribution in [3.63, 3.8) is 0 Å². The molecular formula is C17H21N2O5+. The normalized spacial score (nSPS) is 15.4. The Balaban J connectivity index is 1.69. The van der Waals surface area contributed by atoms with E-state index >= 15 is 0 Å². The Bertz CT molecular complexity index is 780. The third-order valence-corrected chi connectivity index (χ3v) is 4.15. The molecule has 2 aromatic rings. The van der Waals surface area contributed by atoms with Gasteiger partial charge in [-0.25, -0.2) is 4.79 Å². The van der Waals surface area contributed by atoms with E-state index in [-0.39, 0.29) is 5.56 Å². The van der Waals surface area contributed by atoms with Gasteiger partial charge in [0, 0.05) is 5.39 Å². The third-order valence-electron chi connectivity index (χ3n) is 4.15. The van der Waals surface area contributed by atoms with Gasteiger partial charge >= 0.3 is 5.63 Å². The molecule has 24 heavy (non-hydrogen) atoms. The van der Waals surface area contributed by atoms with Crippen molar-refractivity contribution >= 4 is 16.9 Å². The summed E-state index contributed by atoms with van der Waals surface area (Å²) in [7, 11) is 1.56. The Morgan fingerprint density at radius 1 is 1.29 bits per heavy atom. The van der Waals surface area contributed by atoms with E-state index in [0.717, 1.165) is 32.8 Å². The second kappa shape index (κ2) is 7.46.